The number of esters is 1. The first kappa shape index (κ1) is 9.48. The van der Waals surface area contributed by atoms with Gasteiger partial charge in [-0.15, -0.1) is 0 Å². The van der Waals surface area contributed by atoms with E-state index in [-0.39, 0.29) is 11.9 Å². The van der Waals surface area contributed by atoms with E-state index in [0.29, 0.717) is 13.2 Å². The van der Waals surface area contributed by atoms with Crippen molar-refractivity contribution >= 4 is 5.97 Å². The van der Waals surface area contributed by atoms with Crippen LogP contribution in [0.25, 0.3) is 0 Å². The molecule has 0 aliphatic carbocycles. The lowest BCUT2D eigenvalue weighted by atomic mass is 10.00. The Morgan fingerprint density at radius 3 is 3.08 bits per heavy atom. The molecule has 70 valence electrons. The number of carbonyl (C=O) groups excluding carboxylic acids is 1. The number of carbonyl (C=O) groups is 1. The minimum atomic E-state index is -0.104. The molecule has 1 rings (SSSR count). The third kappa shape index (κ3) is 2.46. The van der Waals surface area contributed by atoms with Gasteiger partial charge in [0.25, 0.3) is 0 Å². The van der Waals surface area contributed by atoms with Crippen molar-refractivity contribution in [2.24, 2.45) is 11.8 Å². The van der Waals surface area contributed by atoms with Gasteiger partial charge in [-0.05, 0) is 19.8 Å². The van der Waals surface area contributed by atoms with Crippen LogP contribution in [0.1, 0.15) is 19.8 Å². The molecule has 0 aromatic rings. The Morgan fingerprint density at radius 1 is 1.75 bits per heavy atom. The number of piperidine rings is 1. The van der Waals surface area contributed by atoms with E-state index in [1.165, 1.54) is 0 Å². The molecule has 0 aromatic carbocycles. The highest BCUT2D eigenvalue weighted by Gasteiger charge is 2.24. The van der Waals surface area contributed by atoms with Gasteiger partial charge in [-0.3, -0.25) is 10.6 Å². The number of rotatable bonds is 2. The summed E-state index contributed by atoms with van der Waals surface area (Å²) in [6, 6.07) is 0. The summed E-state index contributed by atoms with van der Waals surface area (Å²) in [4.78, 5) is 11.2. The van der Waals surface area contributed by atoms with Gasteiger partial charge in [-0.1, -0.05) is 0 Å². The SMILES string of the molecule is CCOC(=O)C1CCCN(N)C1. The number of nitrogens with zero attached hydrogens (tertiary/aromatic N) is 1. The normalized spacial score (nSPS) is 25.3. The summed E-state index contributed by atoms with van der Waals surface area (Å²) in [6.07, 6.45) is 1.90. The van der Waals surface area contributed by atoms with Crippen molar-refractivity contribution in [3.63, 3.8) is 0 Å². The monoisotopic (exact) mass is 172 g/mol. The molecule has 4 nitrogen and oxygen atoms in total. The van der Waals surface area contributed by atoms with E-state index in [1.807, 2.05) is 6.92 Å². The van der Waals surface area contributed by atoms with Crippen molar-refractivity contribution in [1.29, 1.82) is 0 Å². The van der Waals surface area contributed by atoms with Crippen molar-refractivity contribution < 1.29 is 9.53 Å². The quantitative estimate of drug-likeness (QED) is 0.475. The van der Waals surface area contributed by atoms with Crippen LogP contribution in [-0.4, -0.2) is 30.7 Å². The molecule has 0 bridgehead atoms. The maximum Gasteiger partial charge on any atom is 0.310 e. The summed E-state index contributed by atoms with van der Waals surface area (Å²) >= 11 is 0. The molecular formula is C8H16N2O2. The molecule has 12 heavy (non-hydrogen) atoms. The van der Waals surface area contributed by atoms with Crippen molar-refractivity contribution in [3.8, 4) is 0 Å². The predicted molar refractivity (Wildman–Crippen MR) is 45.1 cm³/mol. The van der Waals surface area contributed by atoms with Crippen LogP contribution in [0.3, 0.4) is 0 Å². The Hall–Kier alpha value is -0.610. The van der Waals surface area contributed by atoms with Gasteiger partial charge in [-0.25, -0.2) is 5.01 Å². The minimum Gasteiger partial charge on any atom is -0.466 e. The lowest BCUT2D eigenvalue weighted by Gasteiger charge is -2.27. The second kappa shape index (κ2) is 4.42. The smallest absolute Gasteiger partial charge is 0.310 e. The summed E-state index contributed by atoms with van der Waals surface area (Å²) in [5.74, 6) is 5.47. The third-order valence-electron chi connectivity index (χ3n) is 2.07. The van der Waals surface area contributed by atoms with E-state index in [1.54, 1.807) is 5.01 Å². The maximum atomic E-state index is 11.2. The van der Waals surface area contributed by atoms with E-state index in [0.717, 1.165) is 19.4 Å². The number of nitrogens with two attached hydrogens (primary N) is 1. The molecule has 1 unspecified atom stereocenters. The molecule has 1 saturated heterocycles. The van der Waals surface area contributed by atoms with E-state index in [2.05, 4.69) is 0 Å². The van der Waals surface area contributed by atoms with Crippen molar-refractivity contribution in [2.45, 2.75) is 19.8 Å². The van der Waals surface area contributed by atoms with Gasteiger partial charge in [0.2, 0.25) is 0 Å². The molecule has 2 N–H and O–H groups in total. The largest absolute Gasteiger partial charge is 0.466 e. The highest BCUT2D eigenvalue weighted by Crippen LogP contribution is 2.15. The lowest BCUT2D eigenvalue weighted by molar-refractivity contribution is -0.149. The molecule has 1 heterocycles. The number of hydrogen-bond donors (Lipinski definition) is 1. The van der Waals surface area contributed by atoms with Gasteiger partial charge in [0.1, 0.15) is 0 Å². The third-order valence-corrected chi connectivity index (χ3v) is 2.07. The highest BCUT2D eigenvalue weighted by molar-refractivity contribution is 5.72. The van der Waals surface area contributed by atoms with Crippen LogP contribution >= 0.6 is 0 Å². The van der Waals surface area contributed by atoms with E-state index < -0.39 is 0 Å². The fourth-order valence-electron chi connectivity index (χ4n) is 1.46. The summed E-state index contributed by atoms with van der Waals surface area (Å²) in [5.41, 5.74) is 0. The molecule has 0 spiro atoms. The molecule has 0 aromatic heterocycles. The van der Waals surface area contributed by atoms with Gasteiger partial charge < -0.3 is 4.74 Å². The van der Waals surface area contributed by atoms with Crippen molar-refractivity contribution in [2.75, 3.05) is 19.7 Å². The first-order valence-electron chi connectivity index (χ1n) is 4.40. The van der Waals surface area contributed by atoms with E-state index >= 15 is 0 Å². The zero-order valence-corrected chi connectivity index (χ0v) is 7.45. The lowest BCUT2D eigenvalue weighted by Crippen LogP contribution is -2.43. The first-order valence-corrected chi connectivity index (χ1v) is 4.40. The minimum absolute atomic E-state index is 0.0105. The summed E-state index contributed by atoms with van der Waals surface area (Å²) in [5, 5.41) is 1.69. The Balaban J connectivity index is 2.35. The number of ether oxygens (including phenoxy) is 1. The van der Waals surface area contributed by atoms with Gasteiger partial charge >= 0.3 is 5.97 Å². The molecule has 0 saturated carbocycles. The molecule has 1 aliphatic heterocycles. The molecule has 1 aliphatic rings. The molecule has 4 heteroatoms. The molecule has 1 atom stereocenters. The second-order valence-electron chi connectivity index (χ2n) is 3.09. The number of hydrazine groups is 1. The topological polar surface area (TPSA) is 55.6 Å². The van der Waals surface area contributed by atoms with E-state index in [9.17, 15) is 4.79 Å². The molecule has 0 radical (unpaired) electrons. The van der Waals surface area contributed by atoms with Crippen LogP contribution in [0, 0.1) is 5.92 Å². The van der Waals surface area contributed by atoms with Gasteiger partial charge in [0.15, 0.2) is 0 Å². The van der Waals surface area contributed by atoms with Crippen molar-refractivity contribution in [3.05, 3.63) is 0 Å². The fourth-order valence-corrected chi connectivity index (χ4v) is 1.46. The average Bonchev–Trinajstić information content (AvgIpc) is 2.05. The second-order valence-corrected chi connectivity index (χ2v) is 3.09. The molecule has 1 fully saturated rings. The number of hydrogen-bond acceptors (Lipinski definition) is 4. The van der Waals surface area contributed by atoms with Gasteiger partial charge in [-0.2, -0.15) is 0 Å². The summed E-state index contributed by atoms with van der Waals surface area (Å²) in [6.45, 7) is 3.80. The summed E-state index contributed by atoms with van der Waals surface area (Å²) in [7, 11) is 0. The van der Waals surface area contributed by atoms with Gasteiger partial charge in [0.05, 0.1) is 12.5 Å². The zero-order chi connectivity index (χ0) is 8.97. The van der Waals surface area contributed by atoms with Crippen molar-refractivity contribution in [1.82, 2.24) is 5.01 Å². The summed E-state index contributed by atoms with van der Waals surface area (Å²) < 4.78 is 4.91. The van der Waals surface area contributed by atoms with Crippen LogP contribution < -0.4 is 5.84 Å². The average molecular weight is 172 g/mol. The van der Waals surface area contributed by atoms with Gasteiger partial charge in [0, 0.05) is 13.1 Å². The van der Waals surface area contributed by atoms with Crippen LogP contribution in [0.2, 0.25) is 0 Å². The molecule has 0 amide bonds. The predicted octanol–water partition coefficient (Wildman–Crippen LogP) is 0.135. The van der Waals surface area contributed by atoms with Crippen LogP contribution in [0.4, 0.5) is 0 Å². The fraction of sp³-hybridized carbons (Fsp3) is 0.875. The zero-order valence-electron chi connectivity index (χ0n) is 7.45. The molecular weight excluding hydrogens is 156 g/mol. The first-order chi connectivity index (χ1) is 5.74. The Morgan fingerprint density at radius 2 is 2.50 bits per heavy atom. The Bertz CT molecular complexity index is 161. The maximum absolute atomic E-state index is 11.2. The standard InChI is InChI=1S/C8H16N2O2/c1-2-12-8(11)7-4-3-5-10(9)6-7/h7H,2-6,9H2,1H3. The highest BCUT2D eigenvalue weighted by atomic mass is 16.5. The van der Waals surface area contributed by atoms with Crippen LogP contribution in [-0.2, 0) is 9.53 Å². The van der Waals surface area contributed by atoms with E-state index in [4.69, 9.17) is 10.6 Å². The Labute approximate surface area is 72.6 Å². The van der Waals surface area contributed by atoms with Crippen LogP contribution in [0.5, 0.6) is 0 Å². The Kier molecular flexibility index (Phi) is 3.49. The van der Waals surface area contributed by atoms with Crippen LogP contribution in [0.15, 0.2) is 0 Å².